The molecule has 0 aliphatic rings. The van der Waals surface area contributed by atoms with Gasteiger partial charge in [-0.25, -0.2) is 4.39 Å². The number of halogens is 1. The Bertz CT molecular complexity index is 1140. The predicted molar refractivity (Wildman–Crippen MR) is 142 cm³/mol. The Hall–Kier alpha value is -3.20. The number of anilines is 1. The van der Waals surface area contributed by atoms with Crippen LogP contribution in [0.15, 0.2) is 83.8 Å². The largest absolute Gasteiger partial charge is 0.383 e. The van der Waals surface area contributed by atoms with E-state index >= 15 is 0 Å². The molecule has 0 heterocycles. The van der Waals surface area contributed by atoms with Crippen molar-refractivity contribution in [1.29, 1.82) is 0 Å². The van der Waals surface area contributed by atoms with Gasteiger partial charge in [-0.1, -0.05) is 30.3 Å². The highest BCUT2D eigenvalue weighted by Crippen LogP contribution is 2.22. The molecule has 0 radical (unpaired) electrons. The Kier molecular flexibility index (Phi) is 9.64. The summed E-state index contributed by atoms with van der Waals surface area (Å²) in [6.45, 7) is 4.67. The molecule has 3 aromatic rings. The lowest BCUT2D eigenvalue weighted by Gasteiger charge is -2.28. The van der Waals surface area contributed by atoms with E-state index in [1.165, 1.54) is 41.1 Å². The van der Waals surface area contributed by atoms with Crippen LogP contribution in [0.3, 0.4) is 0 Å². The molecule has 3 rings (SSSR count). The Morgan fingerprint density at radius 3 is 2.25 bits per heavy atom. The van der Waals surface area contributed by atoms with Crippen LogP contribution in [0.4, 0.5) is 10.1 Å². The van der Waals surface area contributed by atoms with Gasteiger partial charge in [-0.2, -0.15) is 0 Å². The standard InChI is InChI=1S/C28H32FN3O3S/c1-28(2,19-35-4)31-36-24-16-14-23(15-17-24)30-26(33)25(18-20-8-6-5-7-9-20)32(3)27(34)21-10-12-22(29)13-11-21/h5-17,25,31H,18-19H2,1-4H3,(H,30,33). The second-order valence-corrected chi connectivity index (χ2v) is 10.0. The molecule has 0 aromatic heterocycles. The quantitative estimate of drug-likeness (QED) is 0.349. The molecule has 0 fully saturated rings. The molecule has 0 saturated carbocycles. The van der Waals surface area contributed by atoms with Crippen LogP contribution in [0, 0.1) is 5.82 Å². The maximum Gasteiger partial charge on any atom is 0.254 e. The highest BCUT2D eigenvalue weighted by atomic mass is 32.2. The third kappa shape index (κ3) is 7.91. The minimum atomic E-state index is -0.768. The first kappa shape index (κ1) is 27.4. The Morgan fingerprint density at radius 2 is 1.64 bits per heavy atom. The fraction of sp³-hybridized carbons (Fsp3) is 0.286. The summed E-state index contributed by atoms with van der Waals surface area (Å²) in [5, 5.41) is 2.94. The summed E-state index contributed by atoms with van der Waals surface area (Å²) in [5.41, 5.74) is 1.67. The van der Waals surface area contributed by atoms with E-state index in [0.717, 1.165) is 10.5 Å². The highest BCUT2D eigenvalue weighted by Gasteiger charge is 2.28. The number of nitrogens with zero attached hydrogens (tertiary/aromatic N) is 1. The Morgan fingerprint density at radius 1 is 1.00 bits per heavy atom. The van der Waals surface area contributed by atoms with Crippen molar-refractivity contribution >= 4 is 29.4 Å². The molecule has 3 aromatic carbocycles. The topological polar surface area (TPSA) is 70.7 Å². The van der Waals surface area contributed by atoms with Gasteiger partial charge in [0.2, 0.25) is 5.91 Å². The summed E-state index contributed by atoms with van der Waals surface area (Å²) in [7, 11) is 3.26. The normalized spacial score (nSPS) is 12.1. The van der Waals surface area contributed by atoms with E-state index < -0.39 is 11.9 Å². The number of hydrogen-bond acceptors (Lipinski definition) is 5. The summed E-state index contributed by atoms with van der Waals surface area (Å²) >= 11 is 1.49. The second-order valence-electron chi connectivity index (χ2n) is 9.16. The zero-order valence-electron chi connectivity index (χ0n) is 21.0. The lowest BCUT2D eigenvalue weighted by atomic mass is 10.0. The summed E-state index contributed by atoms with van der Waals surface area (Å²) in [6.07, 6.45) is 0.336. The van der Waals surface area contributed by atoms with Crippen molar-refractivity contribution in [3.05, 3.63) is 95.8 Å². The number of methoxy groups -OCH3 is 1. The maximum atomic E-state index is 13.4. The minimum absolute atomic E-state index is 0.196. The fourth-order valence-electron chi connectivity index (χ4n) is 3.60. The van der Waals surface area contributed by atoms with Crippen LogP contribution in [0.5, 0.6) is 0 Å². The summed E-state index contributed by atoms with van der Waals surface area (Å²) < 4.78 is 21.9. The first-order chi connectivity index (χ1) is 17.2. The molecule has 190 valence electrons. The maximum absolute atomic E-state index is 13.4. The molecule has 36 heavy (non-hydrogen) atoms. The molecule has 0 saturated heterocycles. The number of benzene rings is 3. The zero-order chi connectivity index (χ0) is 26.1. The van der Waals surface area contributed by atoms with Crippen LogP contribution in [0.25, 0.3) is 0 Å². The molecule has 2 N–H and O–H groups in total. The number of carbonyl (C=O) groups excluding carboxylic acids is 2. The van der Waals surface area contributed by atoms with Crippen molar-refractivity contribution in [1.82, 2.24) is 9.62 Å². The van der Waals surface area contributed by atoms with Gasteiger partial charge >= 0.3 is 0 Å². The van der Waals surface area contributed by atoms with Gasteiger partial charge in [-0.3, -0.25) is 14.3 Å². The highest BCUT2D eigenvalue weighted by molar-refractivity contribution is 7.97. The number of nitrogens with one attached hydrogen (secondary N) is 2. The third-order valence-corrected chi connectivity index (χ3v) is 6.69. The molecule has 8 heteroatoms. The van der Waals surface area contributed by atoms with E-state index in [9.17, 15) is 14.0 Å². The van der Waals surface area contributed by atoms with E-state index in [-0.39, 0.29) is 17.4 Å². The Labute approximate surface area is 216 Å². The summed E-state index contributed by atoms with van der Waals surface area (Å²) in [6, 6.07) is 21.5. The SMILES string of the molecule is COCC(C)(C)NSc1ccc(NC(=O)C(Cc2ccccc2)N(C)C(=O)c2ccc(F)cc2)cc1. The summed E-state index contributed by atoms with van der Waals surface area (Å²) in [4.78, 5) is 28.9. The van der Waals surface area contributed by atoms with Crippen LogP contribution >= 0.6 is 11.9 Å². The second kappa shape index (κ2) is 12.7. The van der Waals surface area contributed by atoms with E-state index in [1.54, 1.807) is 14.2 Å². The fourth-order valence-corrected chi connectivity index (χ4v) is 4.32. The van der Waals surface area contributed by atoms with Gasteiger partial charge in [-0.15, -0.1) is 0 Å². The minimum Gasteiger partial charge on any atom is -0.383 e. The van der Waals surface area contributed by atoms with E-state index in [4.69, 9.17) is 4.74 Å². The van der Waals surface area contributed by atoms with Crippen molar-refractivity contribution in [3.63, 3.8) is 0 Å². The van der Waals surface area contributed by atoms with Crippen LogP contribution < -0.4 is 10.0 Å². The number of ether oxygens (including phenoxy) is 1. The number of rotatable bonds is 11. The molecular formula is C28H32FN3O3S. The van der Waals surface area contributed by atoms with Crippen molar-refractivity contribution in [3.8, 4) is 0 Å². The van der Waals surface area contributed by atoms with Crippen molar-refractivity contribution < 1.29 is 18.7 Å². The summed E-state index contributed by atoms with van der Waals surface area (Å²) in [5.74, 6) is -1.09. The Balaban J connectivity index is 1.73. The van der Waals surface area contributed by atoms with Gasteiger partial charge in [0.1, 0.15) is 11.9 Å². The number of carbonyl (C=O) groups is 2. The number of hydrogen-bond donors (Lipinski definition) is 2. The molecule has 1 unspecified atom stereocenters. The van der Waals surface area contributed by atoms with E-state index in [1.807, 2.05) is 54.6 Å². The molecule has 0 aliphatic carbocycles. The monoisotopic (exact) mass is 509 g/mol. The predicted octanol–water partition coefficient (Wildman–Crippen LogP) is 5.17. The van der Waals surface area contributed by atoms with Crippen LogP contribution in [0.2, 0.25) is 0 Å². The molecule has 0 bridgehead atoms. The molecular weight excluding hydrogens is 477 g/mol. The van der Waals surface area contributed by atoms with Crippen LogP contribution in [-0.4, -0.2) is 49.1 Å². The average Bonchev–Trinajstić information content (AvgIpc) is 2.87. The van der Waals surface area contributed by atoms with E-state index in [2.05, 4.69) is 23.9 Å². The smallest absolute Gasteiger partial charge is 0.254 e. The molecule has 1 atom stereocenters. The van der Waals surface area contributed by atoms with Crippen molar-refractivity contribution in [2.24, 2.45) is 0 Å². The van der Waals surface area contributed by atoms with Crippen molar-refractivity contribution in [2.75, 3.05) is 26.1 Å². The van der Waals surface area contributed by atoms with Gasteiger partial charge in [0.15, 0.2) is 0 Å². The number of amides is 2. The molecule has 0 spiro atoms. The van der Waals surface area contributed by atoms with Crippen LogP contribution in [0.1, 0.15) is 29.8 Å². The van der Waals surface area contributed by atoms with Gasteiger partial charge in [0, 0.05) is 42.3 Å². The van der Waals surface area contributed by atoms with Crippen LogP contribution in [-0.2, 0) is 16.0 Å². The third-order valence-electron chi connectivity index (χ3n) is 5.53. The lowest BCUT2D eigenvalue weighted by Crippen LogP contribution is -2.46. The molecule has 0 aliphatic heterocycles. The molecule has 6 nitrogen and oxygen atoms in total. The zero-order valence-corrected chi connectivity index (χ0v) is 21.8. The first-order valence-corrected chi connectivity index (χ1v) is 12.4. The van der Waals surface area contributed by atoms with Crippen molar-refractivity contribution in [2.45, 2.75) is 36.7 Å². The van der Waals surface area contributed by atoms with Gasteiger partial charge in [-0.05, 0) is 79.9 Å². The number of likely N-dealkylation sites (N-methyl/N-ethyl adjacent to an activating group) is 1. The van der Waals surface area contributed by atoms with E-state index in [0.29, 0.717) is 24.3 Å². The first-order valence-electron chi connectivity index (χ1n) is 11.6. The van der Waals surface area contributed by atoms with Gasteiger partial charge < -0.3 is 15.0 Å². The lowest BCUT2D eigenvalue weighted by molar-refractivity contribution is -0.120. The van der Waals surface area contributed by atoms with Gasteiger partial charge in [0.05, 0.1) is 6.61 Å². The van der Waals surface area contributed by atoms with Gasteiger partial charge in [0.25, 0.3) is 5.91 Å². The molecule has 2 amide bonds. The average molecular weight is 510 g/mol.